The summed E-state index contributed by atoms with van der Waals surface area (Å²) >= 11 is 0. The topological polar surface area (TPSA) is 86.0 Å². The number of H-pyrrole nitrogens is 2. The minimum Gasteiger partial charge on any atom is -0.481 e. The first-order chi connectivity index (χ1) is 11.7. The Morgan fingerprint density at radius 2 is 2.04 bits per heavy atom. The van der Waals surface area contributed by atoms with Crippen LogP contribution in [0.3, 0.4) is 0 Å². The predicted molar refractivity (Wildman–Crippen MR) is 103 cm³/mol. The standard InChI is InChI=1S/C19H20N2O3Si/c1-25(2,3)9-8-12-4-6-15-14(10-12)17-13(5-7-16(22)23)11-20-18(17)19(24)21-15/h4,6,10-11,20H,5,7H2,1-3H3,(H,21,24)(H,22,23). The molecule has 3 N–H and O–H groups in total. The molecule has 0 aliphatic rings. The van der Waals surface area contributed by atoms with Gasteiger partial charge in [0.15, 0.2) is 0 Å². The third kappa shape index (κ3) is 3.67. The molecule has 25 heavy (non-hydrogen) atoms. The van der Waals surface area contributed by atoms with Gasteiger partial charge in [0.05, 0.1) is 0 Å². The number of carbonyl (C=O) groups is 1. The minimum absolute atomic E-state index is 0.0242. The second kappa shape index (κ2) is 6.26. The summed E-state index contributed by atoms with van der Waals surface area (Å²) in [4.78, 5) is 29.0. The monoisotopic (exact) mass is 352 g/mol. The number of aromatic amines is 2. The Morgan fingerprint density at radius 3 is 2.72 bits per heavy atom. The van der Waals surface area contributed by atoms with Gasteiger partial charge in [0.2, 0.25) is 0 Å². The number of carboxylic acid groups (broad SMARTS) is 1. The molecule has 2 aromatic heterocycles. The lowest BCUT2D eigenvalue weighted by Crippen LogP contribution is -2.16. The van der Waals surface area contributed by atoms with Gasteiger partial charge in [-0.1, -0.05) is 25.6 Å². The summed E-state index contributed by atoms with van der Waals surface area (Å²) in [5.41, 5.74) is 6.08. The Hall–Kier alpha value is -2.78. The minimum atomic E-state index is -1.48. The Balaban J connectivity index is 2.22. The Bertz CT molecular complexity index is 1090. The van der Waals surface area contributed by atoms with Crippen molar-refractivity contribution in [1.29, 1.82) is 0 Å². The molecular weight excluding hydrogens is 332 g/mol. The van der Waals surface area contributed by atoms with Crippen LogP contribution in [0, 0.1) is 11.5 Å². The zero-order chi connectivity index (χ0) is 18.2. The molecule has 0 saturated carbocycles. The molecule has 0 spiro atoms. The van der Waals surface area contributed by atoms with Crippen molar-refractivity contribution in [2.24, 2.45) is 0 Å². The van der Waals surface area contributed by atoms with Gasteiger partial charge in [0.25, 0.3) is 5.56 Å². The molecule has 0 saturated heterocycles. The van der Waals surface area contributed by atoms with Crippen molar-refractivity contribution >= 4 is 35.8 Å². The molecule has 0 amide bonds. The maximum absolute atomic E-state index is 12.3. The smallest absolute Gasteiger partial charge is 0.303 e. The van der Waals surface area contributed by atoms with Gasteiger partial charge in [0, 0.05) is 34.5 Å². The van der Waals surface area contributed by atoms with Gasteiger partial charge in [0.1, 0.15) is 13.6 Å². The molecule has 128 valence electrons. The number of benzene rings is 1. The van der Waals surface area contributed by atoms with E-state index in [1.165, 1.54) is 0 Å². The highest BCUT2D eigenvalue weighted by atomic mass is 28.3. The number of rotatable bonds is 3. The lowest BCUT2D eigenvalue weighted by molar-refractivity contribution is -0.136. The van der Waals surface area contributed by atoms with Crippen molar-refractivity contribution in [3.8, 4) is 11.5 Å². The SMILES string of the molecule is C[Si](C)(C)C#Cc1ccc2[nH]c(=O)c3[nH]cc(CCC(=O)O)c3c2c1. The zero-order valence-electron chi connectivity index (χ0n) is 14.5. The van der Waals surface area contributed by atoms with Gasteiger partial charge in [-0.25, -0.2) is 0 Å². The highest BCUT2D eigenvalue weighted by molar-refractivity contribution is 6.83. The van der Waals surface area contributed by atoms with Crippen LogP contribution in [0.15, 0.2) is 29.2 Å². The summed E-state index contributed by atoms with van der Waals surface area (Å²) in [5.74, 6) is 2.38. The largest absolute Gasteiger partial charge is 0.481 e. The van der Waals surface area contributed by atoms with Gasteiger partial charge < -0.3 is 15.1 Å². The van der Waals surface area contributed by atoms with Crippen LogP contribution in [-0.2, 0) is 11.2 Å². The molecular formula is C19H20N2O3Si. The highest BCUT2D eigenvalue weighted by Crippen LogP contribution is 2.26. The third-order valence-electron chi connectivity index (χ3n) is 3.92. The van der Waals surface area contributed by atoms with Crippen molar-refractivity contribution in [2.75, 3.05) is 0 Å². The average molecular weight is 352 g/mol. The van der Waals surface area contributed by atoms with Crippen molar-refractivity contribution in [3.05, 3.63) is 45.9 Å². The average Bonchev–Trinajstić information content (AvgIpc) is 2.95. The first-order valence-electron chi connectivity index (χ1n) is 8.15. The van der Waals surface area contributed by atoms with E-state index in [2.05, 4.69) is 41.1 Å². The first kappa shape index (κ1) is 17.1. The molecule has 6 heteroatoms. The molecule has 0 atom stereocenters. The van der Waals surface area contributed by atoms with Crippen LogP contribution in [0.5, 0.6) is 0 Å². The number of nitrogens with one attached hydrogen (secondary N) is 2. The van der Waals surface area contributed by atoms with Crippen LogP contribution in [0.2, 0.25) is 19.6 Å². The van der Waals surface area contributed by atoms with E-state index in [0.717, 1.165) is 27.4 Å². The second-order valence-electron chi connectivity index (χ2n) is 7.17. The Morgan fingerprint density at radius 1 is 1.28 bits per heavy atom. The van der Waals surface area contributed by atoms with E-state index in [4.69, 9.17) is 5.11 Å². The van der Waals surface area contributed by atoms with E-state index in [1.807, 2.05) is 18.2 Å². The number of carboxylic acids is 1. The molecule has 0 aliphatic heterocycles. The molecule has 3 aromatic rings. The van der Waals surface area contributed by atoms with Crippen LogP contribution in [0.25, 0.3) is 21.8 Å². The van der Waals surface area contributed by atoms with E-state index in [-0.39, 0.29) is 12.0 Å². The van der Waals surface area contributed by atoms with Crippen LogP contribution in [0.1, 0.15) is 17.5 Å². The van der Waals surface area contributed by atoms with Crippen molar-refractivity contribution in [2.45, 2.75) is 32.5 Å². The summed E-state index contributed by atoms with van der Waals surface area (Å²) in [5, 5.41) is 10.6. The van der Waals surface area contributed by atoms with Gasteiger partial charge in [-0.3, -0.25) is 9.59 Å². The molecule has 1 aromatic carbocycles. The number of aryl methyl sites for hydroxylation is 1. The molecule has 0 bridgehead atoms. The summed E-state index contributed by atoms with van der Waals surface area (Å²) < 4.78 is 0. The van der Waals surface area contributed by atoms with E-state index in [9.17, 15) is 9.59 Å². The van der Waals surface area contributed by atoms with E-state index >= 15 is 0 Å². The number of pyridine rings is 1. The number of fused-ring (bicyclic) bond motifs is 3. The fourth-order valence-electron chi connectivity index (χ4n) is 2.77. The Labute approximate surface area is 146 Å². The molecule has 0 radical (unpaired) electrons. The molecule has 3 rings (SSSR count). The molecule has 0 fully saturated rings. The molecule has 2 heterocycles. The molecule has 0 aliphatic carbocycles. The van der Waals surface area contributed by atoms with E-state index in [0.29, 0.717) is 11.9 Å². The van der Waals surface area contributed by atoms with Gasteiger partial charge in [-0.05, 0) is 30.2 Å². The number of hydrogen-bond donors (Lipinski definition) is 3. The Kier molecular flexibility index (Phi) is 4.27. The van der Waals surface area contributed by atoms with Gasteiger partial charge >= 0.3 is 5.97 Å². The molecule has 0 unspecified atom stereocenters. The number of aromatic nitrogens is 2. The third-order valence-corrected chi connectivity index (χ3v) is 4.79. The maximum atomic E-state index is 12.3. The fourth-order valence-corrected chi connectivity index (χ4v) is 3.29. The quantitative estimate of drug-likeness (QED) is 0.499. The molecule has 5 nitrogen and oxygen atoms in total. The van der Waals surface area contributed by atoms with Gasteiger partial charge in [-0.2, -0.15) is 0 Å². The highest BCUT2D eigenvalue weighted by Gasteiger charge is 2.13. The predicted octanol–water partition coefficient (Wildman–Crippen LogP) is 3.26. The lowest BCUT2D eigenvalue weighted by Gasteiger charge is -2.05. The van der Waals surface area contributed by atoms with Crippen molar-refractivity contribution < 1.29 is 9.90 Å². The summed E-state index contributed by atoms with van der Waals surface area (Å²) in [6.45, 7) is 6.56. The van der Waals surface area contributed by atoms with Crippen LogP contribution in [0.4, 0.5) is 0 Å². The number of aliphatic carboxylic acids is 1. The van der Waals surface area contributed by atoms with Gasteiger partial charge in [-0.15, -0.1) is 5.54 Å². The van der Waals surface area contributed by atoms with E-state index < -0.39 is 14.0 Å². The van der Waals surface area contributed by atoms with Crippen molar-refractivity contribution in [1.82, 2.24) is 9.97 Å². The summed E-state index contributed by atoms with van der Waals surface area (Å²) in [6, 6.07) is 5.73. The first-order valence-corrected chi connectivity index (χ1v) is 11.7. The number of hydrogen-bond acceptors (Lipinski definition) is 2. The fraction of sp³-hybridized carbons (Fsp3) is 0.263. The second-order valence-corrected chi connectivity index (χ2v) is 11.9. The van der Waals surface area contributed by atoms with Crippen LogP contribution >= 0.6 is 0 Å². The lowest BCUT2D eigenvalue weighted by atomic mass is 10.0. The maximum Gasteiger partial charge on any atom is 0.303 e. The summed E-state index contributed by atoms with van der Waals surface area (Å²) in [6.07, 6.45) is 2.12. The summed E-state index contributed by atoms with van der Waals surface area (Å²) in [7, 11) is -1.48. The van der Waals surface area contributed by atoms with Crippen molar-refractivity contribution in [3.63, 3.8) is 0 Å². The normalized spacial score (nSPS) is 11.5. The van der Waals surface area contributed by atoms with Crippen LogP contribution < -0.4 is 5.56 Å². The zero-order valence-corrected chi connectivity index (χ0v) is 15.5. The van der Waals surface area contributed by atoms with Crippen LogP contribution in [-0.4, -0.2) is 29.1 Å². The van der Waals surface area contributed by atoms with E-state index in [1.54, 1.807) is 6.20 Å².